The van der Waals surface area contributed by atoms with Crippen LogP contribution in [0, 0.1) is 23.7 Å². The average Bonchev–Trinajstić information content (AvgIpc) is 2.88. The van der Waals surface area contributed by atoms with Crippen molar-refractivity contribution in [2.45, 2.75) is 19.0 Å². The van der Waals surface area contributed by atoms with Crippen molar-refractivity contribution in [3.63, 3.8) is 0 Å². The summed E-state index contributed by atoms with van der Waals surface area (Å²) in [4.78, 5) is 14.3. The molecule has 2 bridgehead atoms. The van der Waals surface area contributed by atoms with Crippen LogP contribution in [-0.2, 0) is 11.0 Å². The maximum absolute atomic E-state index is 12.9. The molecule has 1 saturated carbocycles. The summed E-state index contributed by atoms with van der Waals surface area (Å²) in [6, 6.07) is 5.10. The van der Waals surface area contributed by atoms with Crippen molar-refractivity contribution in [2.24, 2.45) is 23.7 Å². The van der Waals surface area contributed by atoms with Crippen molar-refractivity contribution < 1.29 is 18.0 Å². The van der Waals surface area contributed by atoms with Gasteiger partial charge in [-0.2, -0.15) is 13.2 Å². The van der Waals surface area contributed by atoms with Crippen molar-refractivity contribution in [2.75, 3.05) is 11.4 Å². The van der Waals surface area contributed by atoms with Gasteiger partial charge in [0.05, 0.1) is 5.56 Å². The van der Waals surface area contributed by atoms with E-state index in [0.717, 1.165) is 25.0 Å². The topological polar surface area (TPSA) is 20.3 Å². The number of carbonyl (C=O) groups excluding carboxylic acids is 1. The molecule has 1 amide bonds. The zero-order valence-electron chi connectivity index (χ0n) is 11.9. The third-order valence-corrected chi connectivity index (χ3v) is 5.34. The van der Waals surface area contributed by atoms with Crippen molar-refractivity contribution in [1.82, 2.24) is 0 Å². The van der Waals surface area contributed by atoms with Crippen LogP contribution >= 0.6 is 0 Å². The predicted octanol–water partition coefficient (Wildman–Crippen LogP) is 3.88. The van der Waals surface area contributed by atoms with E-state index in [1.165, 1.54) is 6.07 Å². The number of hydrogen-bond donors (Lipinski definition) is 0. The molecule has 1 aromatic rings. The molecular weight excluding hydrogens is 291 g/mol. The van der Waals surface area contributed by atoms with E-state index >= 15 is 0 Å². The Morgan fingerprint density at radius 2 is 1.82 bits per heavy atom. The van der Waals surface area contributed by atoms with Crippen LogP contribution in [0.3, 0.4) is 0 Å². The molecule has 1 aromatic carbocycles. The number of allylic oxidation sites excluding steroid dienone is 2. The lowest BCUT2D eigenvalue weighted by Crippen LogP contribution is -2.37. The molecule has 0 unspecified atom stereocenters. The summed E-state index contributed by atoms with van der Waals surface area (Å²) in [7, 11) is 0. The molecule has 0 aromatic heterocycles. The highest BCUT2D eigenvalue weighted by molar-refractivity contribution is 5.98. The van der Waals surface area contributed by atoms with Gasteiger partial charge in [-0.15, -0.1) is 0 Å². The molecule has 1 aliphatic heterocycles. The van der Waals surface area contributed by atoms with Gasteiger partial charge in [0.15, 0.2) is 0 Å². The average molecular weight is 307 g/mol. The number of anilines is 1. The molecule has 5 heteroatoms. The Morgan fingerprint density at radius 1 is 1.09 bits per heavy atom. The van der Waals surface area contributed by atoms with Gasteiger partial charge in [-0.05, 0) is 48.8 Å². The van der Waals surface area contributed by atoms with E-state index in [-0.39, 0.29) is 23.7 Å². The second-order valence-electron chi connectivity index (χ2n) is 6.48. The molecule has 1 heterocycles. The van der Waals surface area contributed by atoms with Crippen LogP contribution in [0.1, 0.15) is 18.4 Å². The van der Waals surface area contributed by atoms with Gasteiger partial charge in [-0.25, -0.2) is 0 Å². The lowest BCUT2D eigenvalue weighted by molar-refractivity contribution is -0.137. The third kappa shape index (κ3) is 1.98. The molecule has 3 aliphatic carbocycles. The highest BCUT2D eigenvalue weighted by Crippen LogP contribution is 2.49. The van der Waals surface area contributed by atoms with Gasteiger partial charge in [0.2, 0.25) is 5.91 Å². The van der Waals surface area contributed by atoms with E-state index in [4.69, 9.17) is 0 Å². The Kier molecular flexibility index (Phi) is 2.90. The maximum atomic E-state index is 12.9. The minimum atomic E-state index is -4.38. The number of amides is 1. The van der Waals surface area contributed by atoms with Gasteiger partial charge in [0, 0.05) is 18.2 Å². The summed E-state index contributed by atoms with van der Waals surface area (Å²) in [5.41, 5.74) is -0.331. The first-order valence-electron chi connectivity index (χ1n) is 7.62. The van der Waals surface area contributed by atoms with Crippen LogP contribution in [-0.4, -0.2) is 12.5 Å². The molecule has 0 spiro atoms. The SMILES string of the molecule is O=C1[C@@H]2[C@H](CN1c1cccc(C(F)(F)F)c1)[C@@H]1C=C[C@H]2CC1. The lowest BCUT2D eigenvalue weighted by Gasteiger charge is -2.39. The highest BCUT2D eigenvalue weighted by Gasteiger charge is 2.51. The number of halogens is 3. The first-order valence-corrected chi connectivity index (χ1v) is 7.62. The smallest absolute Gasteiger partial charge is 0.312 e. The zero-order chi connectivity index (χ0) is 15.5. The second-order valence-corrected chi connectivity index (χ2v) is 6.48. The number of benzene rings is 1. The van der Waals surface area contributed by atoms with E-state index in [1.54, 1.807) is 11.0 Å². The number of alkyl halides is 3. The molecule has 5 rings (SSSR count). The molecule has 1 saturated heterocycles. The molecule has 4 atom stereocenters. The van der Waals surface area contributed by atoms with Crippen molar-refractivity contribution in [3.05, 3.63) is 42.0 Å². The molecule has 0 N–H and O–H groups in total. The fraction of sp³-hybridized carbons (Fsp3) is 0.471. The first kappa shape index (κ1) is 13.9. The van der Waals surface area contributed by atoms with Gasteiger partial charge in [-0.3, -0.25) is 4.79 Å². The van der Waals surface area contributed by atoms with Crippen LogP contribution in [0.5, 0.6) is 0 Å². The van der Waals surface area contributed by atoms with Gasteiger partial charge in [0.25, 0.3) is 0 Å². The molecule has 2 fully saturated rings. The van der Waals surface area contributed by atoms with E-state index < -0.39 is 11.7 Å². The summed E-state index contributed by atoms with van der Waals surface area (Å²) >= 11 is 0. The van der Waals surface area contributed by atoms with E-state index in [1.807, 2.05) is 0 Å². The standard InChI is InChI=1S/C17H16F3NO/c18-17(19,20)12-2-1-3-13(8-12)21-9-14-10-4-6-11(7-5-10)15(14)16(21)22/h1-4,6,8,10-11,14-15H,5,7,9H2/t10-,11+,14-,15+/m1/s1. The predicted molar refractivity (Wildman–Crippen MR) is 76.1 cm³/mol. The summed E-state index contributed by atoms with van der Waals surface area (Å²) in [6.45, 7) is 0.538. The van der Waals surface area contributed by atoms with Gasteiger partial charge < -0.3 is 4.90 Å². The monoisotopic (exact) mass is 307 g/mol. The van der Waals surface area contributed by atoms with Crippen LogP contribution in [0.4, 0.5) is 18.9 Å². The van der Waals surface area contributed by atoms with E-state index in [0.29, 0.717) is 18.2 Å². The Balaban J connectivity index is 1.67. The Labute approximate surface area is 126 Å². The molecule has 0 radical (unpaired) electrons. The van der Waals surface area contributed by atoms with Crippen LogP contribution in [0.15, 0.2) is 36.4 Å². The molecule has 116 valence electrons. The summed E-state index contributed by atoms with van der Waals surface area (Å²) in [6.07, 6.45) is 2.05. The fourth-order valence-electron chi connectivity index (χ4n) is 4.28. The second kappa shape index (κ2) is 4.61. The van der Waals surface area contributed by atoms with Crippen molar-refractivity contribution in [1.29, 1.82) is 0 Å². The van der Waals surface area contributed by atoms with E-state index in [2.05, 4.69) is 12.2 Å². The van der Waals surface area contributed by atoms with Crippen LogP contribution in [0.25, 0.3) is 0 Å². The Bertz CT molecular complexity index is 652. The minimum absolute atomic E-state index is 0.0108. The molecule has 4 aliphatic rings. The fourth-order valence-corrected chi connectivity index (χ4v) is 4.28. The largest absolute Gasteiger partial charge is 0.416 e. The number of hydrogen-bond acceptors (Lipinski definition) is 1. The molecule has 22 heavy (non-hydrogen) atoms. The van der Waals surface area contributed by atoms with E-state index in [9.17, 15) is 18.0 Å². The summed E-state index contributed by atoms with van der Waals surface area (Å²) in [5, 5.41) is 0. The minimum Gasteiger partial charge on any atom is -0.312 e. The highest BCUT2D eigenvalue weighted by atomic mass is 19.4. The van der Waals surface area contributed by atoms with Gasteiger partial charge >= 0.3 is 6.18 Å². The van der Waals surface area contributed by atoms with Crippen molar-refractivity contribution >= 4 is 11.6 Å². The Morgan fingerprint density at radius 3 is 2.45 bits per heavy atom. The van der Waals surface area contributed by atoms with Crippen LogP contribution in [0.2, 0.25) is 0 Å². The summed E-state index contributed by atoms with van der Waals surface area (Å²) < 4.78 is 38.6. The van der Waals surface area contributed by atoms with Gasteiger partial charge in [-0.1, -0.05) is 18.2 Å². The Hall–Kier alpha value is -1.78. The normalized spacial score (nSPS) is 33.4. The number of rotatable bonds is 1. The quantitative estimate of drug-likeness (QED) is 0.721. The number of carbonyl (C=O) groups is 1. The molecular formula is C17H16F3NO. The summed E-state index contributed by atoms with van der Waals surface area (Å²) in [5.74, 6) is 0.862. The zero-order valence-corrected chi connectivity index (χ0v) is 11.9. The van der Waals surface area contributed by atoms with Crippen LogP contribution < -0.4 is 4.90 Å². The van der Waals surface area contributed by atoms with Crippen molar-refractivity contribution in [3.8, 4) is 0 Å². The maximum Gasteiger partial charge on any atom is 0.416 e. The lowest BCUT2D eigenvalue weighted by atomic mass is 9.63. The van der Waals surface area contributed by atoms with Gasteiger partial charge in [0.1, 0.15) is 0 Å². The molecule has 2 nitrogen and oxygen atoms in total. The first-order chi connectivity index (χ1) is 10.4. The number of nitrogens with zero attached hydrogens (tertiary/aromatic N) is 1. The third-order valence-electron chi connectivity index (χ3n) is 5.34. The number of fused-ring (bicyclic) bond motifs is 1.